The summed E-state index contributed by atoms with van der Waals surface area (Å²) >= 11 is 0. The maximum atomic E-state index is 12.1. The van der Waals surface area contributed by atoms with E-state index in [2.05, 4.69) is 13.8 Å². The van der Waals surface area contributed by atoms with Gasteiger partial charge in [-0.05, 0) is 24.8 Å². The van der Waals surface area contributed by atoms with E-state index in [-0.39, 0.29) is 23.1 Å². The summed E-state index contributed by atoms with van der Waals surface area (Å²) in [5.41, 5.74) is 7.09. The summed E-state index contributed by atoms with van der Waals surface area (Å²) in [5.74, 6) is -0.113. The zero-order valence-corrected chi connectivity index (χ0v) is 11.2. The van der Waals surface area contributed by atoms with Gasteiger partial charge in [0.15, 0.2) is 5.78 Å². The molecule has 0 saturated carbocycles. The quantitative estimate of drug-likeness (QED) is 0.890. The van der Waals surface area contributed by atoms with Crippen molar-refractivity contribution in [1.82, 2.24) is 4.57 Å². The Labute approximate surface area is 107 Å². The molecule has 1 aromatic heterocycles. The second-order valence-electron chi connectivity index (χ2n) is 6.04. The number of primary amides is 1. The van der Waals surface area contributed by atoms with E-state index in [0.29, 0.717) is 12.8 Å². The van der Waals surface area contributed by atoms with E-state index in [4.69, 9.17) is 5.73 Å². The molecule has 98 valence electrons. The van der Waals surface area contributed by atoms with Crippen LogP contribution in [0.3, 0.4) is 0 Å². The number of carbonyl (C=O) groups excluding carboxylic acids is 2. The first kappa shape index (κ1) is 12.9. The van der Waals surface area contributed by atoms with Gasteiger partial charge in [-0.25, -0.2) is 0 Å². The van der Waals surface area contributed by atoms with E-state index in [0.717, 1.165) is 17.7 Å². The van der Waals surface area contributed by atoms with Crippen molar-refractivity contribution in [3.63, 3.8) is 0 Å². The Balaban J connectivity index is 2.36. The molecular weight excluding hydrogens is 228 g/mol. The van der Waals surface area contributed by atoms with Crippen LogP contribution in [0.2, 0.25) is 0 Å². The van der Waals surface area contributed by atoms with Crippen LogP contribution in [-0.4, -0.2) is 16.3 Å². The monoisotopic (exact) mass is 248 g/mol. The van der Waals surface area contributed by atoms with E-state index in [1.54, 1.807) is 0 Å². The summed E-state index contributed by atoms with van der Waals surface area (Å²) in [7, 11) is 0. The predicted octanol–water partition coefficient (Wildman–Crippen LogP) is 2.08. The lowest BCUT2D eigenvalue weighted by Crippen LogP contribution is -2.29. The highest BCUT2D eigenvalue weighted by Gasteiger charge is 2.33. The molecule has 1 unspecified atom stereocenters. The van der Waals surface area contributed by atoms with Crippen LogP contribution in [0.4, 0.5) is 0 Å². The van der Waals surface area contributed by atoms with E-state index < -0.39 is 0 Å². The van der Waals surface area contributed by atoms with E-state index >= 15 is 0 Å². The zero-order chi connectivity index (χ0) is 13.5. The number of fused-ring (bicyclic) bond motifs is 1. The van der Waals surface area contributed by atoms with Gasteiger partial charge < -0.3 is 10.3 Å². The third-order valence-corrected chi connectivity index (χ3v) is 3.58. The molecular formula is C14H20N2O2. The highest BCUT2D eigenvalue weighted by atomic mass is 16.1. The summed E-state index contributed by atoms with van der Waals surface area (Å²) in [6.07, 6.45) is 3.66. The van der Waals surface area contributed by atoms with Crippen LogP contribution in [0.25, 0.3) is 0 Å². The van der Waals surface area contributed by atoms with Crippen LogP contribution in [0, 0.1) is 5.41 Å². The lowest BCUT2D eigenvalue weighted by atomic mass is 9.76. The predicted molar refractivity (Wildman–Crippen MR) is 69.4 cm³/mol. The Kier molecular flexibility index (Phi) is 3.05. The molecule has 0 radical (unpaired) electrons. The molecule has 1 atom stereocenters. The first-order valence-corrected chi connectivity index (χ1v) is 6.31. The van der Waals surface area contributed by atoms with Gasteiger partial charge in [0.1, 0.15) is 0 Å². The van der Waals surface area contributed by atoms with Gasteiger partial charge in [0.2, 0.25) is 5.91 Å². The third-order valence-electron chi connectivity index (χ3n) is 3.58. The average molecular weight is 248 g/mol. The van der Waals surface area contributed by atoms with Crippen molar-refractivity contribution in [3.05, 3.63) is 23.5 Å². The van der Waals surface area contributed by atoms with E-state index in [1.807, 2.05) is 23.8 Å². The Bertz CT molecular complexity index is 500. The zero-order valence-electron chi connectivity index (χ0n) is 11.2. The molecule has 0 spiro atoms. The summed E-state index contributed by atoms with van der Waals surface area (Å²) in [4.78, 5) is 23.1. The lowest BCUT2D eigenvalue weighted by molar-refractivity contribution is -0.118. The van der Waals surface area contributed by atoms with Gasteiger partial charge in [0.05, 0.1) is 0 Å². The number of nitrogens with two attached hydrogens (primary N) is 1. The van der Waals surface area contributed by atoms with Crippen LogP contribution >= 0.6 is 0 Å². The van der Waals surface area contributed by atoms with Crippen molar-refractivity contribution >= 4 is 11.7 Å². The smallest absolute Gasteiger partial charge is 0.219 e. The lowest BCUT2D eigenvalue weighted by Gasteiger charge is -2.30. The molecule has 0 saturated heterocycles. The minimum atomic E-state index is -0.314. The Morgan fingerprint density at radius 1 is 1.50 bits per heavy atom. The SMILES string of the molecule is CC(CC(N)=O)n1ccc2c1CC(C)(C)CC2=O. The summed E-state index contributed by atoms with van der Waals surface area (Å²) < 4.78 is 2.03. The molecule has 2 rings (SSSR count). The molecule has 1 aromatic rings. The van der Waals surface area contributed by atoms with Gasteiger partial charge in [-0.3, -0.25) is 9.59 Å². The molecule has 4 heteroatoms. The van der Waals surface area contributed by atoms with Crippen molar-refractivity contribution in [2.24, 2.45) is 11.1 Å². The number of hydrogen-bond acceptors (Lipinski definition) is 2. The first-order valence-electron chi connectivity index (χ1n) is 6.31. The van der Waals surface area contributed by atoms with Gasteiger partial charge in [-0.1, -0.05) is 13.8 Å². The summed E-state index contributed by atoms with van der Waals surface area (Å²) in [6, 6.07) is 1.87. The molecule has 0 aliphatic heterocycles. The number of rotatable bonds is 3. The third kappa shape index (κ3) is 2.33. The fourth-order valence-electron chi connectivity index (χ4n) is 2.77. The molecule has 1 amide bonds. The number of Topliss-reactive ketones (excluding diaryl/α,β-unsaturated/α-hetero) is 1. The van der Waals surface area contributed by atoms with Gasteiger partial charge in [0.25, 0.3) is 0 Å². The first-order chi connectivity index (χ1) is 8.30. The van der Waals surface area contributed by atoms with Crippen molar-refractivity contribution in [2.45, 2.75) is 46.1 Å². The molecule has 0 aromatic carbocycles. The Hall–Kier alpha value is -1.58. The van der Waals surface area contributed by atoms with Crippen LogP contribution in [0.5, 0.6) is 0 Å². The van der Waals surface area contributed by atoms with Gasteiger partial charge in [-0.2, -0.15) is 0 Å². The molecule has 1 aliphatic carbocycles. The van der Waals surface area contributed by atoms with Crippen LogP contribution in [0.15, 0.2) is 12.3 Å². The number of aromatic nitrogens is 1. The molecule has 0 bridgehead atoms. The fourth-order valence-corrected chi connectivity index (χ4v) is 2.77. The summed E-state index contributed by atoms with van der Waals surface area (Å²) in [5, 5.41) is 0. The van der Waals surface area contributed by atoms with Crippen molar-refractivity contribution < 1.29 is 9.59 Å². The largest absolute Gasteiger partial charge is 0.370 e. The number of ketones is 1. The average Bonchev–Trinajstić information content (AvgIpc) is 2.58. The van der Waals surface area contributed by atoms with Crippen LogP contribution < -0.4 is 5.73 Å². The number of hydrogen-bond donors (Lipinski definition) is 1. The highest BCUT2D eigenvalue weighted by Crippen LogP contribution is 2.36. The van der Waals surface area contributed by atoms with Crippen molar-refractivity contribution in [1.29, 1.82) is 0 Å². The Morgan fingerprint density at radius 2 is 2.17 bits per heavy atom. The molecule has 18 heavy (non-hydrogen) atoms. The van der Waals surface area contributed by atoms with Gasteiger partial charge in [0, 0.05) is 36.3 Å². The molecule has 0 fully saturated rings. The topological polar surface area (TPSA) is 65.1 Å². The molecule has 1 aliphatic rings. The van der Waals surface area contributed by atoms with Crippen molar-refractivity contribution in [2.75, 3.05) is 0 Å². The van der Waals surface area contributed by atoms with Crippen molar-refractivity contribution in [3.8, 4) is 0 Å². The fraction of sp³-hybridized carbons (Fsp3) is 0.571. The Morgan fingerprint density at radius 3 is 2.78 bits per heavy atom. The van der Waals surface area contributed by atoms with Crippen LogP contribution in [0.1, 0.15) is 55.7 Å². The molecule has 4 nitrogen and oxygen atoms in total. The van der Waals surface area contributed by atoms with E-state index in [1.165, 1.54) is 0 Å². The highest BCUT2D eigenvalue weighted by molar-refractivity contribution is 5.98. The maximum absolute atomic E-state index is 12.1. The van der Waals surface area contributed by atoms with E-state index in [9.17, 15) is 9.59 Å². The van der Waals surface area contributed by atoms with Gasteiger partial charge >= 0.3 is 0 Å². The standard InChI is InChI=1S/C14H20N2O2/c1-9(6-13(15)18)16-5-4-10-11(16)7-14(2,3)8-12(10)17/h4-5,9H,6-8H2,1-3H3,(H2,15,18). The number of amides is 1. The second kappa shape index (κ2) is 4.26. The van der Waals surface area contributed by atoms with Gasteiger partial charge in [-0.15, -0.1) is 0 Å². The second-order valence-corrected chi connectivity index (χ2v) is 6.04. The van der Waals surface area contributed by atoms with Crippen LogP contribution in [-0.2, 0) is 11.2 Å². The minimum Gasteiger partial charge on any atom is -0.370 e. The minimum absolute atomic E-state index is 0.00731. The summed E-state index contributed by atoms with van der Waals surface area (Å²) in [6.45, 7) is 6.16. The molecule has 1 heterocycles. The normalized spacial score (nSPS) is 19.4. The maximum Gasteiger partial charge on any atom is 0.219 e. The number of nitrogens with zero attached hydrogens (tertiary/aromatic N) is 1. The number of carbonyl (C=O) groups is 2. The molecule has 2 N–H and O–H groups in total.